The van der Waals surface area contributed by atoms with Crippen molar-refractivity contribution in [3.05, 3.63) is 29.8 Å². The summed E-state index contributed by atoms with van der Waals surface area (Å²) >= 11 is 0. The van der Waals surface area contributed by atoms with Crippen LogP contribution in [0.25, 0.3) is 0 Å². The molecule has 1 atom stereocenters. The number of ether oxygens (including phenoxy) is 2. The molecule has 1 aromatic carbocycles. The fourth-order valence-corrected chi connectivity index (χ4v) is 3.83. The van der Waals surface area contributed by atoms with Gasteiger partial charge in [0.05, 0.1) is 19.8 Å². The predicted molar refractivity (Wildman–Crippen MR) is 110 cm³/mol. The molecular formula is C21H34N4O2. The monoisotopic (exact) mass is 374 g/mol. The van der Waals surface area contributed by atoms with Crippen molar-refractivity contribution in [2.24, 2.45) is 10.9 Å². The molecule has 0 bridgehead atoms. The Balaban J connectivity index is 1.33. The summed E-state index contributed by atoms with van der Waals surface area (Å²) in [7, 11) is 1.88. The second kappa shape index (κ2) is 10.5. The lowest BCUT2D eigenvalue weighted by Gasteiger charge is -2.29. The Morgan fingerprint density at radius 2 is 2.07 bits per heavy atom. The SMILES string of the molecule is CN=C(NCCCOc1ccccc1C)N1CCC(CN2CCOCC2)C1. The van der Waals surface area contributed by atoms with E-state index < -0.39 is 0 Å². The Morgan fingerprint density at radius 1 is 1.26 bits per heavy atom. The van der Waals surface area contributed by atoms with E-state index in [9.17, 15) is 0 Å². The smallest absolute Gasteiger partial charge is 0.193 e. The number of nitrogens with one attached hydrogen (secondary N) is 1. The average Bonchev–Trinajstić information content (AvgIpc) is 3.15. The maximum atomic E-state index is 5.87. The van der Waals surface area contributed by atoms with E-state index in [1.165, 1.54) is 18.5 Å². The van der Waals surface area contributed by atoms with E-state index in [1.54, 1.807) is 0 Å². The van der Waals surface area contributed by atoms with Gasteiger partial charge in [-0.25, -0.2) is 0 Å². The van der Waals surface area contributed by atoms with E-state index in [2.05, 4.69) is 33.1 Å². The van der Waals surface area contributed by atoms with Gasteiger partial charge in [0.15, 0.2) is 5.96 Å². The minimum atomic E-state index is 0.717. The molecule has 0 aromatic heterocycles. The third-order valence-corrected chi connectivity index (χ3v) is 5.37. The number of aliphatic imine (C=N–C) groups is 1. The van der Waals surface area contributed by atoms with E-state index in [-0.39, 0.29) is 0 Å². The highest BCUT2D eigenvalue weighted by Gasteiger charge is 2.26. The van der Waals surface area contributed by atoms with Crippen LogP contribution in [0.1, 0.15) is 18.4 Å². The van der Waals surface area contributed by atoms with Gasteiger partial charge in [-0.1, -0.05) is 18.2 Å². The zero-order chi connectivity index (χ0) is 18.9. The van der Waals surface area contributed by atoms with E-state index >= 15 is 0 Å². The number of para-hydroxylation sites is 1. The van der Waals surface area contributed by atoms with Crippen molar-refractivity contribution < 1.29 is 9.47 Å². The molecule has 2 aliphatic rings. The minimum absolute atomic E-state index is 0.717. The molecule has 1 unspecified atom stereocenters. The first-order valence-corrected chi connectivity index (χ1v) is 10.2. The number of hydrogen-bond donors (Lipinski definition) is 1. The Morgan fingerprint density at radius 3 is 2.85 bits per heavy atom. The number of hydrogen-bond acceptors (Lipinski definition) is 4. The molecule has 2 heterocycles. The molecule has 0 amide bonds. The molecule has 1 aromatic rings. The van der Waals surface area contributed by atoms with E-state index in [1.807, 2.05) is 25.2 Å². The second-order valence-electron chi connectivity index (χ2n) is 7.46. The fourth-order valence-electron chi connectivity index (χ4n) is 3.83. The van der Waals surface area contributed by atoms with Crippen LogP contribution in [-0.2, 0) is 4.74 Å². The largest absolute Gasteiger partial charge is 0.493 e. The standard InChI is InChI=1S/C21H34N4O2/c1-18-6-3-4-7-20(18)27-13-5-9-23-21(22-2)25-10-8-19(17-25)16-24-11-14-26-15-12-24/h3-4,6-7,19H,5,8-17H2,1-2H3,(H,22,23). The van der Waals surface area contributed by atoms with Crippen molar-refractivity contribution in [1.29, 1.82) is 0 Å². The number of likely N-dealkylation sites (tertiary alicyclic amines) is 1. The maximum absolute atomic E-state index is 5.87. The maximum Gasteiger partial charge on any atom is 0.193 e. The summed E-state index contributed by atoms with van der Waals surface area (Å²) in [5.74, 6) is 2.73. The summed E-state index contributed by atoms with van der Waals surface area (Å²) in [6, 6.07) is 8.16. The van der Waals surface area contributed by atoms with Crippen LogP contribution in [0.4, 0.5) is 0 Å². The highest BCUT2D eigenvalue weighted by molar-refractivity contribution is 5.80. The molecule has 2 saturated heterocycles. The quantitative estimate of drug-likeness (QED) is 0.449. The molecule has 0 spiro atoms. The minimum Gasteiger partial charge on any atom is -0.493 e. The zero-order valence-electron chi connectivity index (χ0n) is 16.8. The van der Waals surface area contributed by atoms with Crippen molar-refractivity contribution >= 4 is 5.96 Å². The first-order chi connectivity index (χ1) is 13.3. The molecule has 1 N–H and O–H groups in total. The number of benzene rings is 1. The van der Waals surface area contributed by atoms with Crippen molar-refractivity contribution in [3.63, 3.8) is 0 Å². The first kappa shape index (κ1) is 20.0. The lowest BCUT2D eigenvalue weighted by Crippen LogP contribution is -2.42. The van der Waals surface area contributed by atoms with Crippen LogP contribution in [0.3, 0.4) is 0 Å². The summed E-state index contributed by atoms with van der Waals surface area (Å²) in [5, 5.41) is 3.50. The van der Waals surface area contributed by atoms with Crippen LogP contribution in [0.2, 0.25) is 0 Å². The number of rotatable bonds is 7. The van der Waals surface area contributed by atoms with Gasteiger partial charge in [0, 0.05) is 46.3 Å². The molecule has 27 heavy (non-hydrogen) atoms. The van der Waals surface area contributed by atoms with E-state index in [4.69, 9.17) is 9.47 Å². The fraction of sp³-hybridized carbons (Fsp3) is 0.667. The van der Waals surface area contributed by atoms with Gasteiger partial charge in [-0.2, -0.15) is 0 Å². The zero-order valence-corrected chi connectivity index (χ0v) is 16.8. The topological polar surface area (TPSA) is 49.3 Å². The van der Waals surface area contributed by atoms with Gasteiger partial charge < -0.3 is 19.7 Å². The lowest BCUT2D eigenvalue weighted by atomic mass is 10.1. The van der Waals surface area contributed by atoms with Crippen molar-refractivity contribution in [2.75, 3.05) is 66.1 Å². The molecule has 3 rings (SSSR count). The normalized spacial score (nSPS) is 21.5. The molecule has 0 aliphatic carbocycles. The molecule has 0 saturated carbocycles. The molecule has 150 valence electrons. The van der Waals surface area contributed by atoms with E-state index in [0.717, 1.165) is 70.0 Å². The number of guanidine groups is 1. The van der Waals surface area contributed by atoms with Gasteiger partial charge in [-0.3, -0.25) is 9.89 Å². The van der Waals surface area contributed by atoms with Gasteiger partial charge in [-0.05, 0) is 37.3 Å². The lowest BCUT2D eigenvalue weighted by molar-refractivity contribution is 0.0315. The molecule has 6 heteroatoms. The summed E-state index contributed by atoms with van der Waals surface area (Å²) in [4.78, 5) is 9.41. The Kier molecular flexibility index (Phi) is 7.78. The molecule has 2 aliphatic heterocycles. The average molecular weight is 375 g/mol. The summed E-state index contributed by atoms with van der Waals surface area (Å²) in [5.41, 5.74) is 1.18. The van der Waals surface area contributed by atoms with Gasteiger partial charge in [0.1, 0.15) is 5.75 Å². The molecule has 0 radical (unpaired) electrons. The predicted octanol–water partition coefficient (Wildman–Crippen LogP) is 1.99. The van der Waals surface area contributed by atoms with Crippen LogP contribution in [0.15, 0.2) is 29.3 Å². The highest BCUT2D eigenvalue weighted by atomic mass is 16.5. The van der Waals surface area contributed by atoms with Crippen molar-refractivity contribution in [2.45, 2.75) is 19.8 Å². The third-order valence-electron chi connectivity index (χ3n) is 5.37. The van der Waals surface area contributed by atoms with Crippen LogP contribution in [0, 0.1) is 12.8 Å². The van der Waals surface area contributed by atoms with Gasteiger partial charge in [0.2, 0.25) is 0 Å². The van der Waals surface area contributed by atoms with Gasteiger partial charge in [-0.15, -0.1) is 0 Å². The summed E-state index contributed by atoms with van der Waals surface area (Å²) < 4.78 is 11.3. The Hall–Kier alpha value is -1.79. The van der Waals surface area contributed by atoms with Crippen LogP contribution < -0.4 is 10.1 Å². The summed E-state index contributed by atoms with van der Waals surface area (Å²) in [6.45, 7) is 10.9. The Bertz CT molecular complexity index is 602. The number of morpholine rings is 1. The van der Waals surface area contributed by atoms with Crippen LogP contribution in [-0.4, -0.2) is 81.9 Å². The Labute approximate surface area is 163 Å². The van der Waals surface area contributed by atoms with Crippen LogP contribution in [0.5, 0.6) is 5.75 Å². The summed E-state index contributed by atoms with van der Waals surface area (Å²) in [6.07, 6.45) is 2.20. The molecular weight excluding hydrogens is 340 g/mol. The number of nitrogens with zero attached hydrogens (tertiary/aromatic N) is 3. The van der Waals surface area contributed by atoms with Gasteiger partial charge >= 0.3 is 0 Å². The number of aryl methyl sites for hydroxylation is 1. The van der Waals surface area contributed by atoms with Gasteiger partial charge in [0.25, 0.3) is 0 Å². The third kappa shape index (κ3) is 6.11. The first-order valence-electron chi connectivity index (χ1n) is 10.2. The van der Waals surface area contributed by atoms with Crippen molar-refractivity contribution in [3.8, 4) is 5.75 Å². The second-order valence-corrected chi connectivity index (χ2v) is 7.46. The van der Waals surface area contributed by atoms with Crippen molar-refractivity contribution in [1.82, 2.24) is 15.1 Å². The van der Waals surface area contributed by atoms with E-state index in [0.29, 0.717) is 6.61 Å². The molecule has 6 nitrogen and oxygen atoms in total. The highest BCUT2D eigenvalue weighted by Crippen LogP contribution is 2.18. The molecule has 2 fully saturated rings. The van der Waals surface area contributed by atoms with Crippen LogP contribution >= 0.6 is 0 Å².